The van der Waals surface area contributed by atoms with Gasteiger partial charge in [-0.3, -0.25) is 14.4 Å². The Hall–Kier alpha value is -3.23. The third kappa shape index (κ3) is 6.21. The molecule has 0 aliphatic carbocycles. The largest absolute Gasteiger partial charge is 0.494 e. The van der Waals surface area contributed by atoms with Gasteiger partial charge in [-0.1, -0.05) is 0 Å². The molecule has 1 aliphatic heterocycles. The van der Waals surface area contributed by atoms with Crippen molar-refractivity contribution in [3.05, 3.63) is 29.8 Å². The van der Waals surface area contributed by atoms with Crippen LogP contribution in [0.4, 0.5) is 0 Å². The molecule has 0 unspecified atom stereocenters. The Morgan fingerprint density at radius 1 is 1.11 bits per heavy atom. The van der Waals surface area contributed by atoms with Gasteiger partial charge in [0.2, 0.25) is 5.91 Å². The van der Waals surface area contributed by atoms with Gasteiger partial charge < -0.3 is 9.57 Å². The number of hydrogen-bond donors (Lipinski definition) is 1. The summed E-state index contributed by atoms with van der Waals surface area (Å²) in [6.07, 6.45) is 0.540. The third-order valence-corrected chi connectivity index (χ3v) is 3.65. The monoisotopic (exact) mass is 375 g/mol. The van der Waals surface area contributed by atoms with E-state index in [1.54, 1.807) is 31.2 Å². The van der Waals surface area contributed by atoms with E-state index < -0.39 is 17.8 Å². The molecule has 0 aromatic heterocycles. The molecule has 27 heavy (non-hydrogen) atoms. The number of benzene rings is 1. The molecule has 0 atom stereocenters. The number of carbonyl (C=O) groups excluding carboxylic acids is 4. The van der Waals surface area contributed by atoms with Crippen molar-refractivity contribution in [2.75, 3.05) is 6.61 Å². The number of rotatable bonds is 8. The molecule has 1 fully saturated rings. The first-order valence-electron chi connectivity index (χ1n) is 8.47. The third-order valence-electron chi connectivity index (χ3n) is 3.65. The topological polar surface area (TPSA) is 114 Å². The van der Waals surface area contributed by atoms with E-state index in [0.717, 1.165) is 5.56 Å². The SMILES string of the molecule is CC(=O)N/N=C(\C)c1ccc(OCCCC(=O)ON2C(=O)CCC2=O)cc1. The highest BCUT2D eigenvalue weighted by Gasteiger charge is 2.32. The molecule has 144 valence electrons. The van der Waals surface area contributed by atoms with Crippen molar-refractivity contribution in [2.45, 2.75) is 39.5 Å². The van der Waals surface area contributed by atoms with Crippen LogP contribution in [0, 0.1) is 0 Å². The lowest BCUT2D eigenvalue weighted by Crippen LogP contribution is -2.32. The van der Waals surface area contributed by atoms with Crippen LogP contribution in [0.2, 0.25) is 0 Å². The number of nitrogens with one attached hydrogen (secondary N) is 1. The lowest BCUT2D eigenvalue weighted by molar-refractivity contribution is -0.197. The van der Waals surface area contributed by atoms with Crippen molar-refractivity contribution >= 4 is 29.4 Å². The summed E-state index contributed by atoms with van der Waals surface area (Å²) in [6, 6.07) is 7.10. The number of imide groups is 1. The van der Waals surface area contributed by atoms with Gasteiger partial charge in [-0.2, -0.15) is 5.10 Å². The number of carbonyl (C=O) groups is 4. The van der Waals surface area contributed by atoms with Gasteiger partial charge in [-0.05, 0) is 43.2 Å². The van der Waals surface area contributed by atoms with Crippen LogP contribution in [0.25, 0.3) is 0 Å². The van der Waals surface area contributed by atoms with E-state index in [4.69, 9.17) is 9.57 Å². The molecule has 1 aromatic rings. The molecule has 1 saturated heterocycles. The van der Waals surface area contributed by atoms with Crippen LogP contribution >= 0.6 is 0 Å². The van der Waals surface area contributed by atoms with Crippen molar-refractivity contribution in [2.24, 2.45) is 5.10 Å². The van der Waals surface area contributed by atoms with Gasteiger partial charge in [-0.15, -0.1) is 5.06 Å². The number of ether oxygens (including phenoxy) is 1. The molecule has 0 bridgehead atoms. The summed E-state index contributed by atoms with van der Waals surface area (Å²) < 4.78 is 5.54. The van der Waals surface area contributed by atoms with E-state index in [0.29, 0.717) is 22.9 Å². The highest BCUT2D eigenvalue weighted by molar-refractivity contribution is 6.01. The Morgan fingerprint density at radius 2 is 1.74 bits per heavy atom. The fraction of sp³-hybridized carbons (Fsp3) is 0.389. The molecular weight excluding hydrogens is 354 g/mol. The van der Waals surface area contributed by atoms with Crippen molar-refractivity contribution in [1.82, 2.24) is 10.5 Å². The normalized spacial score (nSPS) is 14.3. The van der Waals surface area contributed by atoms with Crippen molar-refractivity contribution in [3.8, 4) is 5.75 Å². The Kier molecular flexibility index (Phi) is 7.04. The van der Waals surface area contributed by atoms with E-state index in [2.05, 4.69) is 10.5 Å². The molecule has 0 radical (unpaired) electrons. The van der Waals surface area contributed by atoms with Crippen LogP contribution < -0.4 is 10.2 Å². The average Bonchev–Trinajstić information content (AvgIpc) is 2.95. The van der Waals surface area contributed by atoms with E-state index >= 15 is 0 Å². The van der Waals surface area contributed by atoms with Crippen LogP contribution in [0.15, 0.2) is 29.4 Å². The quantitative estimate of drug-likeness (QED) is 0.317. The standard InChI is InChI=1S/C18H21N3O6/c1-12(19-20-13(2)22)14-5-7-15(8-6-14)26-11-3-4-18(25)27-21-16(23)9-10-17(21)24/h5-8H,3-4,9-11H2,1-2H3,(H,20,22)/b19-12+. The summed E-state index contributed by atoms with van der Waals surface area (Å²) in [5.41, 5.74) is 3.86. The number of amides is 3. The Balaban J connectivity index is 1.71. The summed E-state index contributed by atoms with van der Waals surface area (Å²) in [7, 11) is 0. The molecule has 0 spiro atoms. The second-order valence-corrected chi connectivity index (χ2v) is 5.89. The Bertz CT molecular complexity index is 741. The van der Waals surface area contributed by atoms with Gasteiger partial charge in [0.1, 0.15) is 5.75 Å². The van der Waals surface area contributed by atoms with Gasteiger partial charge >= 0.3 is 5.97 Å². The van der Waals surface area contributed by atoms with Crippen LogP contribution in [0.3, 0.4) is 0 Å². The first-order valence-corrected chi connectivity index (χ1v) is 8.47. The Labute approximate surface area is 156 Å². The molecule has 1 N–H and O–H groups in total. The minimum Gasteiger partial charge on any atom is -0.494 e. The molecule has 2 rings (SSSR count). The number of hydrogen-bond acceptors (Lipinski definition) is 7. The first kappa shape index (κ1) is 20.1. The molecule has 0 saturated carbocycles. The molecule has 1 aromatic carbocycles. The van der Waals surface area contributed by atoms with Crippen molar-refractivity contribution < 1.29 is 28.8 Å². The van der Waals surface area contributed by atoms with Crippen LogP contribution in [-0.4, -0.2) is 41.1 Å². The summed E-state index contributed by atoms with van der Waals surface area (Å²) in [6.45, 7) is 3.42. The van der Waals surface area contributed by atoms with E-state index in [-0.39, 0.29) is 31.8 Å². The lowest BCUT2D eigenvalue weighted by atomic mass is 10.1. The molecule has 1 aliphatic rings. The van der Waals surface area contributed by atoms with E-state index in [1.807, 2.05) is 0 Å². The molecule has 9 heteroatoms. The van der Waals surface area contributed by atoms with Gasteiger partial charge in [-0.25, -0.2) is 10.2 Å². The second kappa shape index (κ2) is 9.46. The van der Waals surface area contributed by atoms with Gasteiger partial charge in [0.05, 0.1) is 18.7 Å². The number of nitrogens with zero attached hydrogens (tertiary/aromatic N) is 2. The van der Waals surface area contributed by atoms with Crippen LogP contribution in [0.1, 0.15) is 45.1 Å². The smallest absolute Gasteiger partial charge is 0.333 e. The molecule has 3 amide bonds. The molecular formula is C18H21N3O6. The van der Waals surface area contributed by atoms with Crippen molar-refractivity contribution in [3.63, 3.8) is 0 Å². The Morgan fingerprint density at radius 3 is 2.33 bits per heavy atom. The second-order valence-electron chi connectivity index (χ2n) is 5.89. The number of hydrazone groups is 1. The first-order chi connectivity index (χ1) is 12.9. The zero-order valence-electron chi connectivity index (χ0n) is 15.2. The summed E-state index contributed by atoms with van der Waals surface area (Å²) >= 11 is 0. The van der Waals surface area contributed by atoms with E-state index in [9.17, 15) is 19.2 Å². The predicted octanol–water partition coefficient (Wildman–Crippen LogP) is 1.31. The maximum absolute atomic E-state index is 11.7. The summed E-state index contributed by atoms with van der Waals surface area (Å²) in [5, 5.41) is 4.48. The van der Waals surface area contributed by atoms with Gasteiger partial charge in [0, 0.05) is 19.8 Å². The summed E-state index contributed by atoms with van der Waals surface area (Å²) in [4.78, 5) is 50.0. The highest BCUT2D eigenvalue weighted by Crippen LogP contribution is 2.15. The maximum atomic E-state index is 11.7. The zero-order valence-corrected chi connectivity index (χ0v) is 15.2. The minimum atomic E-state index is -0.651. The minimum absolute atomic E-state index is 0.0254. The summed E-state index contributed by atoms with van der Waals surface area (Å²) in [5.74, 6) is -1.28. The van der Waals surface area contributed by atoms with Crippen LogP contribution in [0.5, 0.6) is 5.75 Å². The fourth-order valence-electron chi connectivity index (χ4n) is 2.23. The van der Waals surface area contributed by atoms with Gasteiger partial charge in [0.25, 0.3) is 11.8 Å². The average molecular weight is 375 g/mol. The lowest BCUT2D eigenvalue weighted by Gasteiger charge is -2.12. The van der Waals surface area contributed by atoms with Gasteiger partial charge in [0.15, 0.2) is 0 Å². The zero-order chi connectivity index (χ0) is 19.8. The highest BCUT2D eigenvalue weighted by atomic mass is 16.7. The van der Waals surface area contributed by atoms with Crippen molar-refractivity contribution in [1.29, 1.82) is 0 Å². The predicted molar refractivity (Wildman–Crippen MR) is 94.4 cm³/mol. The van der Waals surface area contributed by atoms with Crippen LogP contribution in [-0.2, 0) is 24.0 Å². The fourth-order valence-corrected chi connectivity index (χ4v) is 2.23. The van der Waals surface area contributed by atoms with E-state index in [1.165, 1.54) is 6.92 Å². The number of hydroxylamine groups is 2. The molecule has 9 nitrogen and oxygen atoms in total. The molecule has 1 heterocycles. The maximum Gasteiger partial charge on any atom is 0.333 e.